The quantitative estimate of drug-likeness (QED) is 0.735. The summed E-state index contributed by atoms with van der Waals surface area (Å²) in [6, 6.07) is 17.1. The molecule has 0 aliphatic rings. The maximum atomic E-state index is 12.4. The topological polar surface area (TPSA) is 64.1 Å². The lowest BCUT2D eigenvalue weighted by molar-refractivity contribution is 0.102. The van der Waals surface area contributed by atoms with Crippen LogP contribution in [0.25, 0.3) is 0 Å². The van der Waals surface area contributed by atoms with Gasteiger partial charge in [-0.05, 0) is 35.2 Å². The van der Waals surface area contributed by atoms with Crippen LogP contribution < -0.4 is 10.1 Å². The standard InChI is InChI=1S/C21H21N3O2/c1-21(2,3)16-11-9-15(10-12-16)19(25)24-17-13-22-20(23-14-17)26-18-7-5-4-6-8-18/h4-14H,1-3H3,(H,24,25). The Kier molecular flexibility index (Phi) is 4.98. The van der Waals surface area contributed by atoms with Crippen LogP contribution in [0.4, 0.5) is 5.69 Å². The van der Waals surface area contributed by atoms with E-state index >= 15 is 0 Å². The number of nitrogens with one attached hydrogen (secondary N) is 1. The van der Waals surface area contributed by atoms with Gasteiger partial charge in [-0.1, -0.05) is 51.1 Å². The van der Waals surface area contributed by atoms with E-state index in [1.54, 1.807) is 0 Å². The van der Waals surface area contributed by atoms with Crippen molar-refractivity contribution in [2.45, 2.75) is 26.2 Å². The Bertz CT molecular complexity index is 868. The van der Waals surface area contributed by atoms with Gasteiger partial charge in [-0.2, -0.15) is 0 Å². The molecule has 0 saturated carbocycles. The summed E-state index contributed by atoms with van der Waals surface area (Å²) >= 11 is 0. The van der Waals surface area contributed by atoms with Crippen molar-refractivity contribution in [3.63, 3.8) is 0 Å². The summed E-state index contributed by atoms with van der Waals surface area (Å²) in [6.45, 7) is 6.41. The normalized spacial score (nSPS) is 11.0. The summed E-state index contributed by atoms with van der Waals surface area (Å²) in [5, 5.41) is 2.79. The van der Waals surface area contributed by atoms with E-state index in [1.807, 2.05) is 54.6 Å². The minimum Gasteiger partial charge on any atom is -0.424 e. The molecule has 0 bridgehead atoms. The molecule has 132 valence electrons. The lowest BCUT2D eigenvalue weighted by Crippen LogP contribution is -2.14. The van der Waals surface area contributed by atoms with Crippen LogP contribution in [0, 0.1) is 0 Å². The van der Waals surface area contributed by atoms with E-state index in [-0.39, 0.29) is 17.3 Å². The Morgan fingerprint density at radius 3 is 2.12 bits per heavy atom. The highest BCUT2D eigenvalue weighted by atomic mass is 16.5. The van der Waals surface area contributed by atoms with Gasteiger partial charge >= 0.3 is 6.01 Å². The molecule has 3 aromatic rings. The summed E-state index contributed by atoms with van der Waals surface area (Å²) in [7, 11) is 0. The van der Waals surface area contributed by atoms with Crippen LogP contribution >= 0.6 is 0 Å². The number of ether oxygens (including phenoxy) is 1. The van der Waals surface area contributed by atoms with Gasteiger partial charge in [-0.15, -0.1) is 0 Å². The van der Waals surface area contributed by atoms with Crippen LogP contribution in [0.5, 0.6) is 11.8 Å². The van der Waals surface area contributed by atoms with Gasteiger partial charge in [0.15, 0.2) is 0 Å². The van der Waals surface area contributed by atoms with Gasteiger partial charge in [0.1, 0.15) is 5.75 Å². The van der Waals surface area contributed by atoms with Gasteiger partial charge in [-0.3, -0.25) is 4.79 Å². The van der Waals surface area contributed by atoms with Crippen LogP contribution in [0.3, 0.4) is 0 Å². The van der Waals surface area contributed by atoms with Gasteiger partial charge in [0.2, 0.25) is 0 Å². The average Bonchev–Trinajstić information content (AvgIpc) is 2.63. The molecule has 0 atom stereocenters. The van der Waals surface area contributed by atoms with E-state index in [0.29, 0.717) is 17.0 Å². The molecule has 2 aromatic carbocycles. The van der Waals surface area contributed by atoms with Crippen molar-refractivity contribution in [3.05, 3.63) is 78.1 Å². The first-order chi connectivity index (χ1) is 12.4. The number of hydrogen-bond donors (Lipinski definition) is 1. The Labute approximate surface area is 153 Å². The minimum atomic E-state index is -0.203. The molecular weight excluding hydrogens is 326 g/mol. The summed E-state index contributed by atoms with van der Waals surface area (Å²) in [6.07, 6.45) is 3.04. The smallest absolute Gasteiger partial charge is 0.322 e. The van der Waals surface area contributed by atoms with Crippen molar-refractivity contribution in [1.82, 2.24) is 9.97 Å². The van der Waals surface area contributed by atoms with Gasteiger partial charge in [0, 0.05) is 5.56 Å². The predicted octanol–water partition coefficient (Wildman–Crippen LogP) is 4.82. The summed E-state index contributed by atoms with van der Waals surface area (Å²) in [5.41, 5.74) is 2.33. The van der Waals surface area contributed by atoms with E-state index in [1.165, 1.54) is 18.0 Å². The van der Waals surface area contributed by atoms with E-state index in [4.69, 9.17) is 4.74 Å². The zero-order valence-electron chi connectivity index (χ0n) is 15.1. The largest absolute Gasteiger partial charge is 0.424 e. The highest BCUT2D eigenvalue weighted by molar-refractivity contribution is 6.04. The molecule has 0 radical (unpaired) electrons. The SMILES string of the molecule is CC(C)(C)c1ccc(C(=O)Nc2cnc(Oc3ccccc3)nc2)cc1. The number of benzene rings is 2. The summed E-state index contributed by atoms with van der Waals surface area (Å²) in [5.74, 6) is 0.453. The molecule has 5 nitrogen and oxygen atoms in total. The third-order valence-electron chi connectivity index (χ3n) is 3.85. The molecule has 1 N–H and O–H groups in total. The number of rotatable bonds is 4. The van der Waals surface area contributed by atoms with E-state index in [0.717, 1.165) is 0 Å². The number of carbonyl (C=O) groups excluding carboxylic acids is 1. The lowest BCUT2D eigenvalue weighted by Gasteiger charge is -2.19. The Hall–Kier alpha value is -3.21. The van der Waals surface area contributed by atoms with E-state index in [2.05, 4.69) is 36.1 Å². The van der Waals surface area contributed by atoms with Crippen LogP contribution in [0.1, 0.15) is 36.7 Å². The molecule has 0 saturated heterocycles. The molecule has 0 unspecified atom stereocenters. The van der Waals surface area contributed by atoms with E-state index < -0.39 is 0 Å². The van der Waals surface area contributed by atoms with Crippen molar-refractivity contribution in [2.75, 3.05) is 5.32 Å². The highest BCUT2D eigenvalue weighted by Gasteiger charge is 2.14. The molecule has 0 aliphatic carbocycles. The van der Waals surface area contributed by atoms with Crippen LogP contribution in [-0.4, -0.2) is 15.9 Å². The zero-order valence-corrected chi connectivity index (χ0v) is 15.1. The third kappa shape index (κ3) is 4.45. The number of hydrogen-bond acceptors (Lipinski definition) is 4. The Balaban J connectivity index is 1.64. The third-order valence-corrected chi connectivity index (χ3v) is 3.85. The van der Waals surface area contributed by atoms with Crippen molar-refractivity contribution in [1.29, 1.82) is 0 Å². The number of aromatic nitrogens is 2. The van der Waals surface area contributed by atoms with Crippen LogP contribution in [0.15, 0.2) is 67.0 Å². The summed E-state index contributed by atoms with van der Waals surface area (Å²) < 4.78 is 5.53. The molecule has 0 spiro atoms. The van der Waals surface area contributed by atoms with E-state index in [9.17, 15) is 4.79 Å². The molecule has 1 aromatic heterocycles. The van der Waals surface area contributed by atoms with Crippen LogP contribution in [0.2, 0.25) is 0 Å². The monoisotopic (exact) mass is 347 g/mol. The number of amides is 1. The van der Waals surface area contributed by atoms with Crippen LogP contribution in [-0.2, 0) is 5.41 Å². The average molecular weight is 347 g/mol. The number of anilines is 1. The number of para-hydroxylation sites is 1. The Morgan fingerprint density at radius 2 is 1.54 bits per heavy atom. The van der Waals surface area contributed by atoms with Crippen molar-refractivity contribution in [3.8, 4) is 11.8 Å². The fourth-order valence-corrected chi connectivity index (χ4v) is 2.35. The first-order valence-corrected chi connectivity index (χ1v) is 8.39. The summed E-state index contributed by atoms with van der Waals surface area (Å²) in [4.78, 5) is 20.6. The van der Waals surface area contributed by atoms with Gasteiger partial charge in [-0.25, -0.2) is 9.97 Å². The molecule has 3 rings (SSSR count). The zero-order chi connectivity index (χ0) is 18.6. The van der Waals surface area contributed by atoms with Gasteiger partial charge in [0.05, 0.1) is 18.1 Å². The van der Waals surface area contributed by atoms with Crippen molar-refractivity contribution < 1.29 is 9.53 Å². The fraction of sp³-hybridized carbons (Fsp3) is 0.190. The second-order valence-corrected chi connectivity index (χ2v) is 6.95. The molecule has 1 amide bonds. The second kappa shape index (κ2) is 7.35. The molecule has 0 fully saturated rings. The first-order valence-electron chi connectivity index (χ1n) is 8.39. The maximum absolute atomic E-state index is 12.4. The molecule has 1 heterocycles. The highest BCUT2D eigenvalue weighted by Crippen LogP contribution is 2.22. The number of carbonyl (C=O) groups is 1. The Morgan fingerprint density at radius 1 is 0.923 bits per heavy atom. The van der Waals surface area contributed by atoms with Gasteiger partial charge in [0.25, 0.3) is 5.91 Å². The minimum absolute atomic E-state index is 0.0530. The lowest BCUT2D eigenvalue weighted by atomic mass is 9.87. The van der Waals surface area contributed by atoms with Crippen molar-refractivity contribution >= 4 is 11.6 Å². The molecule has 5 heteroatoms. The van der Waals surface area contributed by atoms with Crippen molar-refractivity contribution in [2.24, 2.45) is 0 Å². The maximum Gasteiger partial charge on any atom is 0.322 e. The molecule has 26 heavy (non-hydrogen) atoms. The molecule has 0 aliphatic heterocycles. The van der Waals surface area contributed by atoms with Gasteiger partial charge < -0.3 is 10.1 Å². The number of nitrogens with zero attached hydrogens (tertiary/aromatic N) is 2. The predicted molar refractivity (Wildman–Crippen MR) is 102 cm³/mol. The molecular formula is C21H21N3O2. The second-order valence-electron chi connectivity index (χ2n) is 6.95. The fourth-order valence-electron chi connectivity index (χ4n) is 2.35. The first kappa shape index (κ1) is 17.6.